The van der Waals surface area contributed by atoms with Crippen molar-refractivity contribution < 1.29 is 9.59 Å². The predicted octanol–water partition coefficient (Wildman–Crippen LogP) is -0.391. The van der Waals surface area contributed by atoms with E-state index in [2.05, 4.69) is 15.3 Å². The van der Waals surface area contributed by atoms with E-state index >= 15 is 0 Å². The number of nitrogens with two attached hydrogens (primary N) is 1. The van der Waals surface area contributed by atoms with Crippen LogP contribution in [0.4, 0.5) is 11.8 Å². The topological polar surface area (TPSA) is 101 Å². The van der Waals surface area contributed by atoms with Crippen LogP contribution in [0.3, 0.4) is 0 Å². The predicted molar refractivity (Wildman–Crippen MR) is 65.8 cm³/mol. The second-order valence-corrected chi connectivity index (χ2v) is 4.75. The number of aromatic nitrogens is 2. The first-order valence-electron chi connectivity index (χ1n) is 5.54. The van der Waals surface area contributed by atoms with Crippen molar-refractivity contribution in [2.45, 2.75) is 26.3 Å². The van der Waals surface area contributed by atoms with Crippen molar-refractivity contribution in [3.8, 4) is 0 Å². The highest BCUT2D eigenvalue weighted by Gasteiger charge is 2.41. The Hall–Kier alpha value is -2.18. The zero-order chi connectivity index (χ0) is 13.5. The summed E-state index contributed by atoms with van der Waals surface area (Å²) < 4.78 is 0. The second kappa shape index (κ2) is 3.94. The molecule has 3 N–H and O–H groups in total. The van der Waals surface area contributed by atoms with E-state index in [0.717, 1.165) is 0 Å². The van der Waals surface area contributed by atoms with Gasteiger partial charge in [-0.15, -0.1) is 0 Å². The lowest BCUT2D eigenvalue weighted by molar-refractivity contribution is -0.135. The Bertz CT molecular complexity index is 506. The third kappa shape index (κ3) is 1.99. The summed E-state index contributed by atoms with van der Waals surface area (Å²) in [7, 11) is 0. The molecular formula is C11H15N5O2. The fourth-order valence-corrected chi connectivity index (χ4v) is 1.86. The van der Waals surface area contributed by atoms with Gasteiger partial charge in [-0.3, -0.25) is 14.9 Å². The first-order valence-corrected chi connectivity index (χ1v) is 5.54. The number of anilines is 2. The SMILES string of the molecule is Cc1cc(N2CC(=O)NC(=O)C2(C)C)nc(N)n1. The fraction of sp³-hybridized carbons (Fsp3) is 0.455. The van der Waals surface area contributed by atoms with Gasteiger partial charge in [-0.05, 0) is 20.8 Å². The number of hydrogen-bond acceptors (Lipinski definition) is 6. The smallest absolute Gasteiger partial charge is 0.251 e. The molecule has 7 heteroatoms. The fourth-order valence-electron chi connectivity index (χ4n) is 1.86. The standard InChI is InChI=1S/C11H15N5O2/c1-6-4-7(14-10(12)13-6)16-5-8(17)15-9(18)11(16,2)3/h4H,5H2,1-3H3,(H2,12,13,14)(H,15,17,18). The molecule has 2 rings (SSSR count). The van der Waals surface area contributed by atoms with Gasteiger partial charge in [-0.1, -0.05) is 0 Å². The monoisotopic (exact) mass is 249 g/mol. The molecule has 1 saturated heterocycles. The Morgan fingerprint density at radius 2 is 2.06 bits per heavy atom. The van der Waals surface area contributed by atoms with Gasteiger partial charge in [0.15, 0.2) is 0 Å². The molecule has 2 amide bonds. The number of carbonyl (C=O) groups excluding carboxylic acids is 2. The van der Waals surface area contributed by atoms with Gasteiger partial charge in [0.1, 0.15) is 11.4 Å². The number of rotatable bonds is 1. The minimum Gasteiger partial charge on any atom is -0.368 e. The molecule has 0 aromatic carbocycles. The minimum absolute atomic E-state index is 0.0641. The number of nitrogens with zero attached hydrogens (tertiary/aromatic N) is 3. The summed E-state index contributed by atoms with van der Waals surface area (Å²) in [4.78, 5) is 33.0. The maximum absolute atomic E-state index is 11.8. The normalized spacial score (nSPS) is 18.7. The number of aryl methyl sites for hydroxylation is 1. The van der Waals surface area contributed by atoms with Gasteiger partial charge in [0.25, 0.3) is 5.91 Å². The molecule has 1 aromatic rings. The molecule has 96 valence electrons. The van der Waals surface area contributed by atoms with E-state index in [-0.39, 0.29) is 24.3 Å². The molecule has 1 aliphatic rings. The summed E-state index contributed by atoms with van der Waals surface area (Å²) >= 11 is 0. The van der Waals surface area contributed by atoms with Gasteiger partial charge in [0, 0.05) is 11.8 Å². The van der Waals surface area contributed by atoms with Crippen molar-refractivity contribution in [2.24, 2.45) is 0 Å². The van der Waals surface area contributed by atoms with Crippen molar-refractivity contribution in [3.63, 3.8) is 0 Å². The van der Waals surface area contributed by atoms with Gasteiger partial charge in [0.05, 0.1) is 6.54 Å². The molecule has 1 aliphatic heterocycles. The quantitative estimate of drug-likeness (QED) is 0.657. The first kappa shape index (κ1) is 12.3. The average molecular weight is 249 g/mol. The highest BCUT2D eigenvalue weighted by molar-refractivity contribution is 6.06. The van der Waals surface area contributed by atoms with E-state index in [4.69, 9.17) is 5.73 Å². The Kier molecular flexibility index (Phi) is 2.68. The lowest BCUT2D eigenvalue weighted by Crippen LogP contribution is -2.64. The first-order chi connectivity index (χ1) is 8.30. The van der Waals surface area contributed by atoms with Crippen LogP contribution in [0.25, 0.3) is 0 Å². The highest BCUT2D eigenvalue weighted by atomic mass is 16.2. The third-order valence-corrected chi connectivity index (χ3v) is 2.92. The number of amides is 2. The lowest BCUT2D eigenvalue weighted by atomic mass is 9.98. The summed E-state index contributed by atoms with van der Waals surface area (Å²) in [6.07, 6.45) is 0. The molecule has 0 radical (unpaired) electrons. The molecule has 7 nitrogen and oxygen atoms in total. The molecule has 18 heavy (non-hydrogen) atoms. The van der Waals surface area contributed by atoms with Crippen molar-refractivity contribution in [1.29, 1.82) is 0 Å². The summed E-state index contributed by atoms with van der Waals surface area (Å²) in [6, 6.07) is 1.70. The molecule has 0 spiro atoms. The molecule has 1 fully saturated rings. The van der Waals surface area contributed by atoms with Gasteiger partial charge in [-0.2, -0.15) is 4.98 Å². The molecule has 0 aliphatic carbocycles. The van der Waals surface area contributed by atoms with Gasteiger partial charge in [-0.25, -0.2) is 4.98 Å². The van der Waals surface area contributed by atoms with Gasteiger partial charge in [0.2, 0.25) is 11.9 Å². The number of nitrogens with one attached hydrogen (secondary N) is 1. The van der Waals surface area contributed by atoms with Crippen molar-refractivity contribution in [3.05, 3.63) is 11.8 Å². The average Bonchev–Trinajstić information content (AvgIpc) is 2.22. The number of hydrogen-bond donors (Lipinski definition) is 2. The van der Waals surface area contributed by atoms with Crippen molar-refractivity contribution >= 4 is 23.6 Å². The zero-order valence-corrected chi connectivity index (χ0v) is 10.5. The third-order valence-electron chi connectivity index (χ3n) is 2.92. The Morgan fingerprint density at radius 1 is 1.39 bits per heavy atom. The zero-order valence-electron chi connectivity index (χ0n) is 10.5. The summed E-state index contributed by atoms with van der Waals surface area (Å²) in [6.45, 7) is 5.29. The summed E-state index contributed by atoms with van der Waals surface area (Å²) in [5.41, 5.74) is 5.42. The van der Waals surface area contributed by atoms with Crippen LogP contribution in [0.1, 0.15) is 19.5 Å². The van der Waals surface area contributed by atoms with Crippen LogP contribution >= 0.6 is 0 Å². The van der Waals surface area contributed by atoms with Crippen LogP contribution in [-0.2, 0) is 9.59 Å². The maximum atomic E-state index is 11.8. The summed E-state index contributed by atoms with van der Waals surface area (Å²) in [5, 5.41) is 2.30. The largest absolute Gasteiger partial charge is 0.368 e. The molecular weight excluding hydrogens is 234 g/mol. The van der Waals surface area contributed by atoms with Crippen LogP contribution in [0.2, 0.25) is 0 Å². The molecule has 0 bridgehead atoms. The highest BCUT2D eigenvalue weighted by Crippen LogP contribution is 2.25. The Balaban J connectivity index is 2.46. The lowest BCUT2D eigenvalue weighted by Gasteiger charge is -2.40. The van der Waals surface area contributed by atoms with Crippen LogP contribution in [0.5, 0.6) is 0 Å². The van der Waals surface area contributed by atoms with Crippen LogP contribution < -0.4 is 16.0 Å². The van der Waals surface area contributed by atoms with Crippen LogP contribution in [0, 0.1) is 6.92 Å². The molecule has 0 saturated carbocycles. The number of carbonyl (C=O) groups is 2. The van der Waals surface area contributed by atoms with E-state index in [1.54, 1.807) is 31.7 Å². The summed E-state index contributed by atoms with van der Waals surface area (Å²) in [5.74, 6) is -0.102. The van der Waals surface area contributed by atoms with Gasteiger partial charge >= 0.3 is 0 Å². The van der Waals surface area contributed by atoms with E-state index in [9.17, 15) is 9.59 Å². The van der Waals surface area contributed by atoms with E-state index in [1.165, 1.54) is 0 Å². The second-order valence-electron chi connectivity index (χ2n) is 4.75. The van der Waals surface area contributed by atoms with Crippen LogP contribution in [-0.4, -0.2) is 33.9 Å². The molecule has 0 atom stereocenters. The number of piperazine rings is 1. The molecule has 1 aromatic heterocycles. The minimum atomic E-state index is -0.860. The Labute approximate surface area is 104 Å². The number of imide groups is 1. The van der Waals surface area contributed by atoms with E-state index in [0.29, 0.717) is 11.5 Å². The Morgan fingerprint density at radius 3 is 2.67 bits per heavy atom. The van der Waals surface area contributed by atoms with Crippen molar-refractivity contribution in [1.82, 2.24) is 15.3 Å². The molecule has 2 heterocycles. The van der Waals surface area contributed by atoms with Crippen molar-refractivity contribution in [2.75, 3.05) is 17.2 Å². The van der Waals surface area contributed by atoms with E-state index < -0.39 is 5.54 Å². The van der Waals surface area contributed by atoms with E-state index in [1.807, 2.05) is 0 Å². The van der Waals surface area contributed by atoms with Gasteiger partial charge < -0.3 is 10.6 Å². The maximum Gasteiger partial charge on any atom is 0.251 e. The molecule has 0 unspecified atom stereocenters. The number of nitrogen functional groups attached to an aromatic ring is 1. The van der Waals surface area contributed by atoms with Crippen LogP contribution in [0.15, 0.2) is 6.07 Å².